The zero-order chi connectivity index (χ0) is 16.8. The van der Waals surface area contributed by atoms with Crippen molar-refractivity contribution in [2.75, 3.05) is 12.4 Å². The number of anilines is 1. The van der Waals surface area contributed by atoms with Gasteiger partial charge in [0, 0.05) is 0 Å². The Morgan fingerprint density at radius 3 is 3.00 bits per heavy atom. The fraction of sp³-hybridized carbons (Fsp3) is 0.188. The molecule has 0 saturated carbocycles. The topological polar surface area (TPSA) is 108 Å². The van der Waals surface area contributed by atoms with Crippen LogP contribution in [0.4, 0.5) is 5.95 Å². The summed E-state index contributed by atoms with van der Waals surface area (Å²) in [5.41, 5.74) is 7.94. The normalized spacial score (nSPS) is 16.4. The number of aromatic nitrogens is 2. The molecule has 0 spiro atoms. The van der Waals surface area contributed by atoms with E-state index in [0.29, 0.717) is 23.0 Å². The number of esters is 1. The number of imidazole rings is 1. The number of carbonyl (C=O) groups excluding carboxylic acids is 1. The Hall–Kier alpha value is -3.29. The molecule has 3 N–H and O–H groups in total. The van der Waals surface area contributed by atoms with Crippen LogP contribution in [0.5, 0.6) is 0 Å². The molecule has 1 aromatic carbocycles. The summed E-state index contributed by atoms with van der Waals surface area (Å²) in [5.74, 6) is 1.31. The van der Waals surface area contributed by atoms with Gasteiger partial charge in [-0.05, 0) is 25.1 Å². The molecule has 122 valence electrons. The number of fused-ring (bicyclic) bond motifs is 3. The number of ether oxygens (including phenoxy) is 1. The average Bonchev–Trinajstić information content (AvgIpc) is 3.13. The lowest BCUT2D eigenvalue weighted by molar-refractivity contribution is 0.0599. The summed E-state index contributed by atoms with van der Waals surface area (Å²) in [7, 11) is 1.33. The van der Waals surface area contributed by atoms with Gasteiger partial charge < -0.3 is 14.9 Å². The van der Waals surface area contributed by atoms with Crippen molar-refractivity contribution in [1.29, 1.82) is 0 Å². The van der Waals surface area contributed by atoms with Gasteiger partial charge in [0.1, 0.15) is 11.3 Å². The second kappa shape index (κ2) is 5.12. The van der Waals surface area contributed by atoms with E-state index < -0.39 is 12.1 Å². The molecule has 3 aromatic rings. The fourth-order valence-corrected chi connectivity index (χ4v) is 2.85. The SMILES string of the molecule is COC(=O)c1cc([C@@H]2N=C(N)Nc3nc4ccccc4n32)oc1C. The lowest BCUT2D eigenvalue weighted by Gasteiger charge is -2.21. The highest BCUT2D eigenvalue weighted by Gasteiger charge is 2.29. The molecule has 0 radical (unpaired) electrons. The van der Waals surface area contributed by atoms with E-state index in [0.717, 1.165) is 11.0 Å². The van der Waals surface area contributed by atoms with Crippen LogP contribution >= 0.6 is 0 Å². The van der Waals surface area contributed by atoms with E-state index in [1.807, 2.05) is 28.8 Å². The van der Waals surface area contributed by atoms with Gasteiger partial charge in [-0.2, -0.15) is 0 Å². The number of carbonyl (C=O) groups is 1. The summed E-state index contributed by atoms with van der Waals surface area (Å²) in [4.78, 5) is 20.8. The van der Waals surface area contributed by atoms with Crippen LogP contribution < -0.4 is 11.1 Å². The third-order valence-corrected chi connectivity index (χ3v) is 3.94. The van der Waals surface area contributed by atoms with Gasteiger partial charge in [0.2, 0.25) is 5.95 Å². The van der Waals surface area contributed by atoms with Gasteiger partial charge in [0.25, 0.3) is 0 Å². The maximum Gasteiger partial charge on any atom is 0.341 e. The van der Waals surface area contributed by atoms with E-state index in [4.69, 9.17) is 14.9 Å². The Balaban J connectivity index is 1.90. The van der Waals surface area contributed by atoms with Crippen molar-refractivity contribution in [3.8, 4) is 0 Å². The summed E-state index contributed by atoms with van der Waals surface area (Å²) in [6, 6.07) is 9.31. The molecule has 0 amide bonds. The smallest absolute Gasteiger partial charge is 0.341 e. The van der Waals surface area contributed by atoms with Crippen molar-refractivity contribution in [2.45, 2.75) is 13.1 Å². The predicted octanol–water partition coefficient (Wildman–Crippen LogP) is 2.01. The molecule has 0 unspecified atom stereocenters. The van der Waals surface area contributed by atoms with Crippen LogP contribution in [0.1, 0.15) is 28.0 Å². The second-order valence-corrected chi connectivity index (χ2v) is 5.42. The largest absolute Gasteiger partial charge is 0.465 e. The van der Waals surface area contributed by atoms with Crippen LogP contribution in [-0.4, -0.2) is 28.6 Å². The number of nitrogens with two attached hydrogens (primary N) is 1. The van der Waals surface area contributed by atoms with E-state index in [-0.39, 0.29) is 5.96 Å². The Morgan fingerprint density at radius 1 is 1.42 bits per heavy atom. The number of aryl methyl sites for hydroxylation is 1. The van der Waals surface area contributed by atoms with Crippen LogP contribution in [0.3, 0.4) is 0 Å². The molecule has 8 heteroatoms. The number of nitrogens with zero attached hydrogens (tertiary/aromatic N) is 3. The molecular formula is C16H15N5O3. The summed E-state index contributed by atoms with van der Waals surface area (Å²) >= 11 is 0. The third-order valence-electron chi connectivity index (χ3n) is 3.94. The number of methoxy groups -OCH3 is 1. The summed E-state index contributed by atoms with van der Waals surface area (Å²) in [6.45, 7) is 1.71. The minimum Gasteiger partial charge on any atom is -0.465 e. The van der Waals surface area contributed by atoms with Crippen molar-refractivity contribution >= 4 is 28.9 Å². The van der Waals surface area contributed by atoms with Crippen LogP contribution in [0.2, 0.25) is 0 Å². The van der Waals surface area contributed by atoms with Crippen molar-refractivity contribution in [3.05, 3.63) is 47.4 Å². The van der Waals surface area contributed by atoms with Crippen LogP contribution in [0.25, 0.3) is 11.0 Å². The van der Waals surface area contributed by atoms with Gasteiger partial charge in [-0.15, -0.1) is 0 Å². The fourth-order valence-electron chi connectivity index (χ4n) is 2.85. The minimum absolute atomic E-state index is 0.233. The molecule has 2 aromatic heterocycles. The van der Waals surface area contributed by atoms with Crippen molar-refractivity contribution in [2.24, 2.45) is 10.7 Å². The molecule has 0 aliphatic carbocycles. The third kappa shape index (κ3) is 2.03. The molecule has 1 aliphatic heterocycles. The zero-order valence-electron chi connectivity index (χ0n) is 13.1. The number of rotatable bonds is 2. The summed E-state index contributed by atoms with van der Waals surface area (Å²) in [6.07, 6.45) is -0.550. The zero-order valence-corrected chi connectivity index (χ0v) is 13.1. The molecule has 1 atom stereocenters. The number of nitrogens with one attached hydrogen (secondary N) is 1. The summed E-state index contributed by atoms with van der Waals surface area (Å²) < 4.78 is 12.4. The molecule has 0 saturated heterocycles. The maximum absolute atomic E-state index is 11.8. The standard InChI is InChI=1S/C16H15N5O3/c1-8-9(14(22)23-2)7-12(24-8)13-19-15(17)20-16-18-10-5-3-4-6-11(10)21(13)16/h3-7,13H,1-2H3,(H3,17,18,19,20)/t13-/m1/s1. The molecule has 1 aliphatic rings. The highest BCUT2D eigenvalue weighted by atomic mass is 16.5. The van der Waals surface area contributed by atoms with Gasteiger partial charge in [-0.1, -0.05) is 12.1 Å². The van der Waals surface area contributed by atoms with Gasteiger partial charge in [-0.25, -0.2) is 14.8 Å². The second-order valence-electron chi connectivity index (χ2n) is 5.42. The number of aliphatic imine (C=N–C) groups is 1. The highest BCUT2D eigenvalue weighted by molar-refractivity contribution is 5.95. The monoisotopic (exact) mass is 325 g/mol. The van der Waals surface area contributed by atoms with E-state index in [2.05, 4.69) is 15.3 Å². The Kier molecular flexibility index (Phi) is 3.05. The molecule has 0 bridgehead atoms. The number of hydrogen-bond acceptors (Lipinski definition) is 7. The molecule has 24 heavy (non-hydrogen) atoms. The maximum atomic E-state index is 11.8. The molecule has 3 heterocycles. The van der Waals surface area contributed by atoms with Crippen molar-refractivity contribution < 1.29 is 13.9 Å². The Labute approximate surface area is 136 Å². The van der Waals surface area contributed by atoms with Crippen LogP contribution in [0.15, 0.2) is 39.7 Å². The van der Waals surface area contributed by atoms with Gasteiger partial charge in [-0.3, -0.25) is 9.88 Å². The minimum atomic E-state index is -0.550. The average molecular weight is 325 g/mol. The number of para-hydroxylation sites is 2. The quantitative estimate of drug-likeness (QED) is 0.698. The Morgan fingerprint density at radius 2 is 2.21 bits per heavy atom. The molecule has 8 nitrogen and oxygen atoms in total. The predicted molar refractivity (Wildman–Crippen MR) is 87.9 cm³/mol. The first-order valence-corrected chi connectivity index (χ1v) is 7.34. The first kappa shape index (κ1) is 14.3. The van der Waals surface area contributed by atoms with Crippen molar-refractivity contribution in [1.82, 2.24) is 9.55 Å². The van der Waals surface area contributed by atoms with Crippen LogP contribution in [0, 0.1) is 6.92 Å². The molecular weight excluding hydrogens is 310 g/mol. The van der Waals surface area contributed by atoms with Gasteiger partial charge in [0.05, 0.1) is 18.1 Å². The van der Waals surface area contributed by atoms with E-state index in [1.165, 1.54) is 7.11 Å². The first-order chi connectivity index (χ1) is 11.6. The van der Waals surface area contributed by atoms with Crippen LogP contribution in [-0.2, 0) is 4.74 Å². The summed E-state index contributed by atoms with van der Waals surface area (Å²) in [5, 5.41) is 2.95. The Bertz CT molecular complexity index is 985. The lowest BCUT2D eigenvalue weighted by atomic mass is 10.2. The molecule has 0 fully saturated rings. The van der Waals surface area contributed by atoms with Crippen molar-refractivity contribution in [3.63, 3.8) is 0 Å². The number of guanidine groups is 1. The molecule has 4 rings (SSSR count). The number of hydrogen-bond donors (Lipinski definition) is 2. The highest BCUT2D eigenvalue weighted by Crippen LogP contribution is 2.34. The first-order valence-electron chi connectivity index (χ1n) is 7.34. The van der Waals surface area contributed by atoms with Gasteiger partial charge >= 0.3 is 5.97 Å². The lowest BCUT2D eigenvalue weighted by Crippen LogP contribution is -2.31. The van der Waals surface area contributed by atoms with Gasteiger partial charge in [0.15, 0.2) is 17.9 Å². The number of furan rings is 1. The van der Waals surface area contributed by atoms with E-state index >= 15 is 0 Å². The number of benzene rings is 1. The van der Waals surface area contributed by atoms with E-state index in [1.54, 1.807) is 13.0 Å². The van der Waals surface area contributed by atoms with E-state index in [9.17, 15) is 4.79 Å².